The van der Waals surface area contributed by atoms with E-state index in [-0.39, 0.29) is 17.4 Å². The van der Waals surface area contributed by atoms with Crippen LogP contribution in [0.4, 0.5) is 23.7 Å². The van der Waals surface area contributed by atoms with Crippen LogP contribution in [0.15, 0.2) is 78.0 Å². The summed E-state index contributed by atoms with van der Waals surface area (Å²) >= 11 is 1.24. The largest absolute Gasteiger partial charge is 0.573 e. The van der Waals surface area contributed by atoms with Crippen molar-refractivity contribution in [2.75, 3.05) is 17.2 Å². The Morgan fingerprint density at radius 1 is 1.12 bits per heavy atom. The second-order valence-corrected chi connectivity index (χ2v) is 10.6. The van der Waals surface area contributed by atoms with Crippen molar-refractivity contribution < 1.29 is 27.5 Å². The first kappa shape index (κ1) is 29.8. The second kappa shape index (κ2) is 12.7. The van der Waals surface area contributed by atoms with E-state index in [1.807, 2.05) is 56.3 Å². The summed E-state index contributed by atoms with van der Waals surface area (Å²) in [6.07, 6.45) is -2.04. The smallest absolute Gasteiger partial charge is 0.406 e. The number of urea groups is 1. The van der Waals surface area contributed by atoms with Gasteiger partial charge < -0.3 is 10.1 Å². The first-order valence-electron chi connectivity index (χ1n) is 13.4. The zero-order valence-electron chi connectivity index (χ0n) is 23.3. The number of amides is 3. The number of anilines is 1. The standard InChI is InChI=1S/C30H27F3N6O3S/c1-3-21-8-7-19(2)15-25(21)39-26(40)17-43-29(39)36-28(41)34-14-13-20-5-4-6-22(16-20)27-35-18-38(37-27)23-9-11-24(12-10-23)42-30(31,32)33/h4-12,15-16,18H,3,13-14,17H2,1-2H3,(H,34,41)/b36-29-. The number of carbonyl (C=O) groups is 2. The molecule has 0 bridgehead atoms. The van der Waals surface area contributed by atoms with Gasteiger partial charge >= 0.3 is 12.4 Å². The van der Waals surface area contributed by atoms with Crippen LogP contribution in [0.25, 0.3) is 17.1 Å². The lowest BCUT2D eigenvalue weighted by Crippen LogP contribution is -2.32. The number of halogens is 3. The number of rotatable bonds is 8. The number of amidine groups is 1. The molecule has 0 unspecified atom stereocenters. The highest BCUT2D eigenvalue weighted by molar-refractivity contribution is 8.15. The lowest BCUT2D eigenvalue weighted by Gasteiger charge is -2.20. The summed E-state index contributed by atoms with van der Waals surface area (Å²) in [6, 6.07) is 18.2. The number of nitrogens with one attached hydrogen (secondary N) is 1. The summed E-state index contributed by atoms with van der Waals surface area (Å²) in [7, 11) is 0. The van der Waals surface area contributed by atoms with E-state index < -0.39 is 12.4 Å². The van der Waals surface area contributed by atoms with Crippen LogP contribution in [0.1, 0.15) is 23.6 Å². The predicted octanol–water partition coefficient (Wildman–Crippen LogP) is 6.09. The van der Waals surface area contributed by atoms with Crippen LogP contribution in [-0.4, -0.2) is 50.5 Å². The van der Waals surface area contributed by atoms with Gasteiger partial charge in [0.1, 0.15) is 12.1 Å². The minimum atomic E-state index is -4.76. The SMILES string of the molecule is CCc1ccc(C)cc1N1C(=O)CS/C1=N\C(=O)NCCc1cccc(-c2ncn(-c3ccc(OC(F)(F)F)cc3)n2)c1. The van der Waals surface area contributed by atoms with Gasteiger partial charge in [-0.25, -0.2) is 14.5 Å². The van der Waals surface area contributed by atoms with Crippen LogP contribution in [0.5, 0.6) is 5.75 Å². The molecule has 43 heavy (non-hydrogen) atoms. The van der Waals surface area contributed by atoms with Crippen LogP contribution < -0.4 is 15.0 Å². The summed E-state index contributed by atoms with van der Waals surface area (Å²) in [5.74, 6) is 0.209. The number of alkyl halides is 3. The molecule has 5 rings (SSSR count). The summed E-state index contributed by atoms with van der Waals surface area (Å²) in [4.78, 5) is 35.4. The summed E-state index contributed by atoms with van der Waals surface area (Å²) < 4.78 is 42.6. The van der Waals surface area contributed by atoms with Crippen molar-refractivity contribution in [3.05, 3.63) is 89.7 Å². The van der Waals surface area contributed by atoms with Crippen molar-refractivity contribution in [1.29, 1.82) is 0 Å². The number of thioether (sulfide) groups is 1. The highest BCUT2D eigenvalue weighted by Gasteiger charge is 2.32. The molecule has 222 valence electrons. The Bertz CT molecular complexity index is 1670. The van der Waals surface area contributed by atoms with Gasteiger partial charge in [-0.3, -0.25) is 9.69 Å². The third-order valence-corrected chi connectivity index (χ3v) is 7.45. The molecular weight excluding hydrogens is 581 g/mol. The van der Waals surface area contributed by atoms with Gasteiger partial charge in [-0.15, -0.1) is 18.3 Å². The van der Waals surface area contributed by atoms with E-state index in [0.29, 0.717) is 29.6 Å². The van der Waals surface area contributed by atoms with Gasteiger partial charge in [-0.2, -0.15) is 4.99 Å². The van der Waals surface area contributed by atoms with E-state index in [1.54, 1.807) is 0 Å². The van der Waals surface area contributed by atoms with E-state index >= 15 is 0 Å². The van der Waals surface area contributed by atoms with E-state index in [0.717, 1.165) is 34.4 Å². The van der Waals surface area contributed by atoms with Crippen molar-refractivity contribution in [2.24, 2.45) is 4.99 Å². The van der Waals surface area contributed by atoms with Gasteiger partial charge in [0.15, 0.2) is 11.0 Å². The third-order valence-electron chi connectivity index (χ3n) is 6.53. The fraction of sp³-hybridized carbons (Fsp3) is 0.233. The number of benzene rings is 3. The molecule has 0 spiro atoms. The van der Waals surface area contributed by atoms with E-state index in [1.165, 1.54) is 51.9 Å². The van der Waals surface area contributed by atoms with Crippen LogP contribution in [-0.2, 0) is 17.6 Å². The topological polar surface area (TPSA) is 102 Å². The van der Waals surface area contributed by atoms with Crippen LogP contribution >= 0.6 is 11.8 Å². The molecule has 1 aliphatic heterocycles. The third kappa shape index (κ3) is 7.41. The van der Waals surface area contributed by atoms with Gasteiger partial charge in [-0.05, 0) is 72.9 Å². The molecule has 1 N–H and O–H groups in total. The second-order valence-electron chi connectivity index (χ2n) is 9.63. The molecule has 3 amide bonds. The van der Waals surface area contributed by atoms with E-state index in [2.05, 4.69) is 25.1 Å². The monoisotopic (exact) mass is 608 g/mol. The molecule has 2 heterocycles. The maximum atomic E-state index is 12.7. The lowest BCUT2D eigenvalue weighted by atomic mass is 10.1. The molecule has 3 aromatic carbocycles. The summed E-state index contributed by atoms with van der Waals surface area (Å²) in [6.45, 7) is 4.28. The summed E-state index contributed by atoms with van der Waals surface area (Å²) in [5.41, 5.74) is 4.95. The number of aryl methyl sites for hydroxylation is 2. The Morgan fingerprint density at radius 2 is 1.91 bits per heavy atom. The van der Waals surface area contributed by atoms with E-state index in [4.69, 9.17) is 0 Å². The van der Waals surface area contributed by atoms with Crippen molar-refractivity contribution in [3.63, 3.8) is 0 Å². The van der Waals surface area contributed by atoms with Crippen molar-refractivity contribution in [1.82, 2.24) is 20.1 Å². The molecule has 1 aliphatic rings. The van der Waals surface area contributed by atoms with Crippen LogP contribution in [0.3, 0.4) is 0 Å². The number of carbonyl (C=O) groups excluding carboxylic acids is 2. The number of hydrogen-bond donors (Lipinski definition) is 1. The molecule has 1 fully saturated rings. The van der Waals surface area contributed by atoms with Gasteiger partial charge in [0, 0.05) is 12.1 Å². The first-order valence-corrected chi connectivity index (χ1v) is 14.4. The van der Waals surface area contributed by atoms with Gasteiger partial charge in [-0.1, -0.05) is 49.0 Å². The fourth-order valence-corrected chi connectivity index (χ4v) is 5.35. The van der Waals surface area contributed by atoms with Crippen LogP contribution in [0.2, 0.25) is 0 Å². The Hall–Kier alpha value is -4.65. The minimum Gasteiger partial charge on any atom is -0.406 e. The molecular formula is C30H27F3N6O3S. The Balaban J connectivity index is 1.20. The normalized spacial score (nSPS) is 14.4. The Morgan fingerprint density at radius 3 is 2.65 bits per heavy atom. The molecule has 4 aromatic rings. The van der Waals surface area contributed by atoms with E-state index in [9.17, 15) is 22.8 Å². The van der Waals surface area contributed by atoms with Gasteiger partial charge in [0.25, 0.3) is 0 Å². The number of ether oxygens (including phenoxy) is 1. The lowest BCUT2D eigenvalue weighted by molar-refractivity contribution is -0.274. The molecule has 13 heteroatoms. The maximum Gasteiger partial charge on any atom is 0.573 e. The minimum absolute atomic E-state index is 0.114. The molecule has 1 aromatic heterocycles. The number of nitrogens with zero attached hydrogens (tertiary/aromatic N) is 5. The zero-order valence-corrected chi connectivity index (χ0v) is 24.1. The Kier molecular flexibility index (Phi) is 8.81. The van der Waals surface area contributed by atoms with Crippen molar-refractivity contribution in [3.8, 4) is 22.8 Å². The Labute approximate surface area is 249 Å². The maximum absolute atomic E-state index is 12.7. The van der Waals surface area contributed by atoms with Crippen molar-refractivity contribution >= 4 is 34.6 Å². The molecule has 0 atom stereocenters. The molecule has 0 saturated carbocycles. The summed E-state index contributed by atoms with van der Waals surface area (Å²) in [5, 5.41) is 7.59. The molecule has 0 radical (unpaired) electrons. The van der Waals surface area contributed by atoms with Crippen LogP contribution in [0, 0.1) is 6.92 Å². The quantitative estimate of drug-likeness (QED) is 0.260. The highest BCUT2D eigenvalue weighted by Crippen LogP contribution is 2.31. The van der Waals surface area contributed by atoms with Crippen molar-refractivity contribution in [2.45, 2.75) is 33.1 Å². The molecule has 9 nitrogen and oxygen atoms in total. The highest BCUT2D eigenvalue weighted by atomic mass is 32.2. The number of aromatic nitrogens is 3. The molecule has 0 aliphatic carbocycles. The van der Waals surface area contributed by atoms with Gasteiger partial charge in [0.2, 0.25) is 5.91 Å². The average Bonchev–Trinajstić information content (AvgIpc) is 3.60. The predicted molar refractivity (Wildman–Crippen MR) is 159 cm³/mol. The molecule has 1 saturated heterocycles. The van der Waals surface area contributed by atoms with Gasteiger partial charge in [0.05, 0.1) is 17.1 Å². The first-order chi connectivity index (χ1) is 20.6. The fourth-order valence-electron chi connectivity index (χ4n) is 4.49. The average molecular weight is 609 g/mol. The number of hydrogen-bond acceptors (Lipinski definition) is 6. The number of aliphatic imine (C=N–C) groups is 1. The zero-order chi connectivity index (χ0) is 30.6.